The van der Waals surface area contributed by atoms with Gasteiger partial charge in [0.25, 0.3) is 17.6 Å². The zero-order valence-electron chi connectivity index (χ0n) is 6.93. The number of amides is 1. The maximum atomic E-state index is 10.7. The summed E-state index contributed by atoms with van der Waals surface area (Å²) < 4.78 is 4.82. The van der Waals surface area contributed by atoms with Gasteiger partial charge in [-0.2, -0.15) is 4.98 Å². The highest BCUT2D eigenvalue weighted by Gasteiger charge is 2.14. The van der Waals surface area contributed by atoms with Crippen molar-refractivity contribution in [2.24, 2.45) is 5.73 Å². The Balaban J connectivity index is 2.43. The molecule has 1 amide bonds. The highest BCUT2D eigenvalue weighted by atomic mass is 32.1. The van der Waals surface area contributed by atoms with Crippen LogP contribution in [0.2, 0.25) is 0 Å². The van der Waals surface area contributed by atoms with Gasteiger partial charge < -0.3 is 16.0 Å². The number of carbonyl (C=O) groups is 1. The van der Waals surface area contributed by atoms with Gasteiger partial charge in [0.2, 0.25) is 0 Å². The van der Waals surface area contributed by atoms with Gasteiger partial charge in [-0.15, -0.1) is 11.3 Å². The van der Waals surface area contributed by atoms with Crippen LogP contribution < -0.4 is 11.5 Å². The summed E-state index contributed by atoms with van der Waals surface area (Å²) in [5.41, 5.74) is 11.2. The maximum Gasteiger partial charge on any atom is 0.290 e. The van der Waals surface area contributed by atoms with E-state index in [0.29, 0.717) is 10.6 Å². The van der Waals surface area contributed by atoms with E-state index in [-0.39, 0.29) is 11.7 Å². The number of nitrogens with two attached hydrogens (primary N) is 2. The fourth-order valence-corrected chi connectivity index (χ4v) is 1.56. The van der Waals surface area contributed by atoms with E-state index in [1.807, 2.05) is 0 Å². The first-order valence-electron chi connectivity index (χ1n) is 3.65. The first-order valence-corrected chi connectivity index (χ1v) is 4.53. The van der Waals surface area contributed by atoms with Crippen LogP contribution in [0.1, 0.15) is 10.6 Å². The molecule has 2 heterocycles. The minimum absolute atomic E-state index is 0.148. The molecule has 2 aromatic heterocycles. The molecule has 0 bridgehead atoms. The van der Waals surface area contributed by atoms with Crippen LogP contribution in [0.3, 0.4) is 0 Å². The number of carbonyl (C=O) groups excluding carboxylic acids is 1. The molecule has 0 fully saturated rings. The summed E-state index contributed by atoms with van der Waals surface area (Å²) in [6.07, 6.45) is 0. The molecule has 0 radical (unpaired) electrons. The summed E-state index contributed by atoms with van der Waals surface area (Å²) >= 11 is 1.35. The number of rotatable bonds is 2. The van der Waals surface area contributed by atoms with Crippen molar-refractivity contribution in [2.45, 2.75) is 0 Å². The van der Waals surface area contributed by atoms with Gasteiger partial charge in [0.05, 0.1) is 10.6 Å². The maximum absolute atomic E-state index is 10.7. The van der Waals surface area contributed by atoms with Crippen LogP contribution in [0.15, 0.2) is 16.0 Å². The normalized spacial score (nSPS) is 10.3. The highest BCUT2D eigenvalue weighted by Crippen LogP contribution is 2.28. The minimum Gasteiger partial charge on any atom is -0.390 e. The number of nitrogen functional groups attached to an aromatic ring is 1. The van der Waals surface area contributed by atoms with Crippen molar-refractivity contribution in [2.75, 3.05) is 5.73 Å². The fraction of sp³-hybridized carbons (Fsp3) is 0. The molecule has 4 N–H and O–H groups in total. The van der Waals surface area contributed by atoms with Crippen LogP contribution in [0.4, 0.5) is 5.00 Å². The Bertz CT molecular complexity index is 475. The SMILES string of the molecule is NC(=O)c1noc(-c2ccsc2N)n1. The van der Waals surface area contributed by atoms with Gasteiger partial charge >= 0.3 is 0 Å². The highest BCUT2D eigenvalue weighted by molar-refractivity contribution is 7.14. The third kappa shape index (κ3) is 1.33. The number of thiophene rings is 1. The third-order valence-corrected chi connectivity index (χ3v) is 2.32. The molecular weight excluding hydrogens is 204 g/mol. The number of hydrogen-bond donors (Lipinski definition) is 2. The summed E-state index contributed by atoms with van der Waals surface area (Å²) in [4.78, 5) is 14.5. The van der Waals surface area contributed by atoms with Gasteiger partial charge in [0, 0.05) is 0 Å². The van der Waals surface area contributed by atoms with E-state index in [9.17, 15) is 4.79 Å². The van der Waals surface area contributed by atoms with E-state index in [1.165, 1.54) is 11.3 Å². The number of anilines is 1. The van der Waals surface area contributed by atoms with Gasteiger partial charge in [-0.25, -0.2) is 0 Å². The average Bonchev–Trinajstić information content (AvgIpc) is 2.71. The smallest absolute Gasteiger partial charge is 0.290 e. The first kappa shape index (κ1) is 8.70. The average molecular weight is 210 g/mol. The van der Waals surface area contributed by atoms with Crippen LogP contribution in [0.25, 0.3) is 11.5 Å². The van der Waals surface area contributed by atoms with Crippen LogP contribution in [-0.2, 0) is 0 Å². The van der Waals surface area contributed by atoms with Gasteiger partial charge in [-0.05, 0) is 11.4 Å². The Morgan fingerprint density at radius 3 is 2.86 bits per heavy atom. The van der Waals surface area contributed by atoms with Crippen LogP contribution >= 0.6 is 11.3 Å². The van der Waals surface area contributed by atoms with E-state index in [4.69, 9.17) is 16.0 Å². The van der Waals surface area contributed by atoms with Crippen molar-refractivity contribution in [1.29, 1.82) is 0 Å². The fourth-order valence-electron chi connectivity index (χ4n) is 0.931. The van der Waals surface area contributed by atoms with E-state index < -0.39 is 5.91 Å². The largest absolute Gasteiger partial charge is 0.390 e. The Kier molecular flexibility index (Phi) is 1.93. The molecular formula is C7H6N4O2S. The molecule has 0 aliphatic carbocycles. The first-order chi connectivity index (χ1) is 6.68. The van der Waals surface area contributed by atoms with Crippen molar-refractivity contribution in [1.82, 2.24) is 10.1 Å². The van der Waals surface area contributed by atoms with Crippen molar-refractivity contribution in [3.05, 3.63) is 17.3 Å². The van der Waals surface area contributed by atoms with Crippen molar-refractivity contribution in [3.63, 3.8) is 0 Å². The van der Waals surface area contributed by atoms with Crippen LogP contribution in [0, 0.1) is 0 Å². The van der Waals surface area contributed by atoms with Gasteiger partial charge in [-0.1, -0.05) is 5.16 Å². The molecule has 2 rings (SSSR count). The standard InChI is InChI=1S/C7H6N4O2S/c8-4(12)6-10-7(13-11-6)3-1-2-14-5(3)9/h1-2H,9H2,(H2,8,12). The third-order valence-electron chi connectivity index (χ3n) is 1.57. The molecule has 0 aliphatic rings. The van der Waals surface area contributed by atoms with E-state index in [2.05, 4.69) is 10.1 Å². The monoisotopic (exact) mass is 210 g/mol. The summed E-state index contributed by atoms with van der Waals surface area (Å²) in [6, 6.07) is 1.73. The summed E-state index contributed by atoms with van der Waals surface area (Å²) in [6.45, 7) is 0. The van der Waals surface area contributed by atoms with Gasteiger partial charge in [0.1, 0.15) is 0 Å². The summed E-state index contributed by atoms with van der Waals surface area (Å²) in [5.74, 6) is -0.669. The van der Waals surface area contributed by atoms with Gasteiger partial charge in [0.15, 0.2) is 0 Å². The molecule has 0 spiro atoms. The quantitative estimate of drug-likeness (QED) is 0.749. The zero-order valence-corrected chi connectivity index (χ0v) is 7.75. The molecule has 7 heteroatoms. The van der Waals surface area contributed by atoms with Crippen molar-refractivity contribution in [3.8, 4) is 11.5 Å². The number of aromatic nitrogens is 2. The molecule has 0 unspecified atom stereocenters. The lowest BCUT2D eigenvalue weighted by atomic mass is 10.3. The Morgan fingerprint density at radius 1 is 1.57 bits per heavy atom. The lowest BCUT2D eigenvalue weighted by molar-refractivity contribution is 0.0987. The summed E-state index contributed by atoms with van der Waals surface area (Å²) in [7, 11) is 0. The van der Waals surface area contributed by atoms with Gasteiger partial charge in [-0.3, -0.25) is 4.79 Å². The summed E-state index contributed by atoms with van der Waals surface area (Å²) in [5, 5.41) is 5.75. The molecule has 0 aromatic carbocycles. The zero-order chi connectivity index (χ0) is 10.1. The molecule has 0 saturated carbocycles. The molecule has 6 nitrogen and oxygen atoms in total. The molecule has 0 atom stereocenters. The lowest BCUT2D eigenvalue weighted by Crippen LogP contribution is -2.12. The second kappa shape index (κ2) is 3.11. The predicted molar refractivity (Wildman–Crippen MR) is 50.5 cm³/mol. The molecule has 14 heavy (non-hydrogen) atoms. The lowest BCUT2D eigenvalue weighted by Gasteiger charge is -1.88. The van der Waals surface area contributed by atoms with Crippen molar-refractivity contribution < 1.29 is 9.32 Å². The Labute approximate surface area is 82.5 Å². The van der Waals surface area contributed by atoms with E-state index in [1.54, 1.807) is 11.4 Å². The molecule has 0 saturated heterocycles. The minimum atomic E-state index is -0.728. The van der Waals surface area contributed by atoms with Crippen molar-refractivity contribution >= 4 is 22.2 Å². The predicted octanol–water partition coefficient (Wildman–Crippen LogP) is 0.479. The second-order valence-corrected chi connectivity index (χ2v) is 3.43. The Hall–Kier alpha value is -1.89. The topological polar surface area (TPSA) is 108 Å². The molecule has 72 valence electrons. The number of hydrogen-bond acceptors (Lipinski definition) is 6. The van der Waals surface area contributed by atoms with E-state index in [0.717, 1.165) is 0 Å². The molecule has 0 aliphatic heterocycles. The van der Waals surface area contributed by atoms with E-state index >= 15 is 0 Å². The molecule has 2 aromatic rings. The number of nitrogens with zero attached hydrogens (tertiary/aromatic N) is 2. The van der Waals surface area contributed by atoms with Crippen LogP contribution in [0.5, 0.6) is 0 Å². The number of primary amides is 1. The second-order valence-electron chi connectivity index (χ2n) is 2.49. The van der Waals surface area contributed by atoms with Crippen LogP contribution in [-0.4, -0.2) is 16.0 Å². The Morgan fingerprint density at radius 2 is 2.36 bits per heavy atom.